The molecule has 2 atom stereocenters. The van der Waals surface area contributed by atoms with E-state index >= 15 is 0 Å². The van der Waals surface area contributed by atoms with Crippen molar-refractivity contribution in [1.29, 1.82) is 0 Å². The van der Waals surface area contributed by atoms with Gasteiger partial charge in [0.15, 0.2) is 0 Å². The smallest absolute Gasteiger partial charge is 0.238 e. The van der Waals surface area contributed by atoms with Crippen molar-refractivity contribution in [2.24, 2.45) is 0 Å². The van der Waals surface area contributed by atoms with Crippen molar-refractivity contribution < 1.29 is 9.21 Å². The maximum absolute atomic E-state index is 12.1. The van der Waals surface area contributed by atoms with Crippen LogP contribution in [0.25, 0.3) is 0 Å². The fourth-order valence-corrected chi connectivity index (χ4v) is 2.62. The highest BCUT2D eigenvalue weighted by molar-refractivity contribution is 5.82. The van der Waals surface area contributed by atoms with Gasteiger partial charge in [-0.2, -0.15) is 0 Å². The predicted octanol–water partition coefficient (Wildman–Crippen LogP) is 0.621. The van der Waals surface area contributed by atoms with Crippen LogP contribution < -0.4 is 10.6 Å². The molecule has 106 valence electrons. The van der Waals surface area contributed by atoms with Gasteiger partial charge in [-0.25, -0.2) is 0 Å². The standard InChI is InChI=1S/C14H23N3O2/c1-3-16-14(18)13-10-15-6-7-17(13)11(2)9-12-5-4-8-19-12/h4-5,8,11,13,15H,3,6-7,9-10H2,1-2H3,(H,16,18). The highest BCUT2D eigenvalue weighted by Gasteiger charge is 2.31. The van der Waals surface area contributed by atoms with Gasteiger partial charge in [0.1, 0.15) is 11.8 Å². The minimum absolute atomic E-state index is 0.0846. The second-order valence-corrected chi connectivity index (χ2v) is 4.98. The summed E-state index contributed by atoms with van der Waals surface area (Å²) in [6.45, 7) is 7.32. The Kier molecular flexibility index (Phi) is 4.99. The normalized spacial score (nSPS) is 22.1. The molecule has 0 aliphatic carbocycles. The number of likely N-dealkylation sites (N-methyl/N-ethyl adjacent to an activating group) is 1. The Morgan fingerprint density at radius 2 is 2.53 bits per heavy atom. The molecule has 1 fully saturated rings. The molecule has 0 bridgehead atoms. The van der Waals surface area contributed by atoms with Crippen molar-refractivity contribution in [3.05, 3.63) is 24.2 Å². The van der Waals surface area contributed by atoms with E-state index in [9.17, 15) is 4.79 Å². The number of nitrogens with one attached hydrogen (secondary N) is 2. The van der Waals surface area contributed by atoms with Gasteiger partial charge in [-0.15, -0.1) is 0 Å². The van der Waals surface area contributed by atoms with E-state index in [0.29, 0.717) is 19.1 Å². The molecule has 5 heteroatoms. The maximum atomic E-state index is 12.1. The molecule has 1 aliphatic rings. The van der Waals surface area contributed by atoms with E-state index in [1.165, 1.54) is 0 Å². The van der Waals surface area contributed by atoms with Crippen LogP contribution in [0.15, 0.2) is 22.8 Å². The minimum Gasteiger partial charge on any atom is -0.469 e. The van der Waals surface area contributed by atoms with Gasteiger partial charge >= 0.3 is 0 Å². The molecule has 1 aromatic rings. The Labute approximate surface area is 114 Å². The molecule has 0 spiro atoms. The van der Waals surface area contributed by atoms with Crippen molar-refractivity contribution in [2.45, 2.75) is 32.4 Å². The predicted molar refractivity (Wildman–Crippen MR) is 73.9 cm³/mol. The molecule has 2 heterocycles. The van der Waals surface area contributed by atoms with E-state index in [1.807, 2.05) is 19.1 Å². The van der Waals surface area contributed by atoms with Gasteiger partial charge in [-0.3, -0.25) is 9.69 Å². The number of hydrogen-bond acceptors (Lipinski definition) is 4. The molecule has 2 rings (SSSR count). The van der Waals surface area contributed by atoms with Crippen LogP contribution in [0.5, 0.6) is 0 Å². The second kappa shape index (κ2) is 6.73. The topological polar surface area (TPSA) is 57.5 Å². The summed E-state index contributed by atoms with van der Waals surface area (Å²) in [5, 5.41) is 6.21. The highest BCUT2D eigenvalue weighted by Crippen LogP contribution is 2.14. The molecule has 19 heavy (non-hydrogen) atoms. The molecule has 1 aliphatic heterocycles. The minimum atomic E-state index is -0.0846. The number of piperazine rings is 1. The lowest BCUT2D eigenvalue weighted by Gasteiger charge is -2.39. The monoisotopic (exact) mass is 265 g/mol. The first-order chi connectivity index (χ1) is 9.22. The van der Waals surface area contributed by atoms with Crippen LogP contribution in [0.4, 0.5) is 0 Å². The molecular weight excluding hydrogens is 242 g/mol. The molecule has 2 N–H and O–H groups in total. The third-order valence-electron chi connectivity index (χ3n) is 3.58. The van der Waals surface area contributed by atoms with Gasteiger partial charge in [-0.1, -0.05) is 0 Å². The Hall–Kier alpha value is -1.33. The number of carbonyl (C=O) groups excluding carboxylic acids is 1. The van der Waals surface area contributed by atoms with Crippen LogP contribution >= 0.6 is 0 Å². The van der Waals surface area contributed by atoms with Crippen molar-refractivity contribution in [3.8, 4) is 0 Å². The van der Waals surface area contributed by atoms with Crippen LogP contribution in [-0.2, 0) is 11.2 Å². The summed E-state index contributed by atoms with van der Waals surface area (Å²) in [7, 11) is 0. The molecule has 1 aromatic heterocycles. The van der Waals surface area contributed by atoms with Crippen LogP contribution in [0, 0.1) is 0 Å². The summed E-state index contributed by atoms with van der Waals surface area (Å²) in [5.41, 5.74) is 0. The molecule has 0 aromatic carbocycles. The molecule has 0 radical (unpaired) electrons. The number of nitrogens with zero attached hydrogens (tertiary/aromatic N) is 1. The molecule has 1 saturated heterocycles. The zero-order valence-corrected chi connectivity index (χ0v) is 11.7. The fourth-order valence-electron chi connectivity index (χ4n) is 2.62. The van der Waals surface area contributed by atoms with Gasteiger partial charge in [0.2, 0.25) is 5.91 Å². The molecule has 0 saturated carbocycles. The first-order valence-electron chi connectivity index (χ1n) is 6.99. The van der Waals surface area contributed by atoms with Gasteiger partial charge in [0.05, 0.1) is 6.26 Å². The quantitative estimate of drug-likeness (QED) is 0.819. The van der Waals surface area contributed by atoms with Crippen molar-refractivity contribution in [2.75, 3.05) is 26.2 Å². The van der Waals surface area contributed by atoms with Crippen LogP contribution in [0.1, 0.15) is 19.6 Å². The van der Waals surface area contributed by atoms with E-state index in [0.717, 1.165) is 25.3 Å². The number of hydrogen-bond donors (Lipinski definition) is 2. The molecule has 2 unspecified atom stereocenters. The van der Waals surface area contributed by atoms with E-state index < -0.39 is 0 Å². The maximum Gasteiger partial charge on any atom is 0.238 e. The first kappa shape index (κ1) is 14.1. The number of amides is 1. The zero-order chi connectivity index (χ0) is 13.7. The summed E-state index contributed by atoms with van der Waals surface area (Å²) in [5.74, 6) is 1.08. The Balaban J connectivity index is 1.99. The number of carbonyl (C=O) groups is 1. The SMILES string of the molecule is CCNC(=O)C1CNCCN1C(C)Cc1ccco1. The van der Waals surface area contributed by atoms with Crippen molar-refractivity contribution in [1.82, 2.24) is 15.5 Å². The van der Waals surface area contributed by atoms with E-state index in [-0.39, 0.29) is 11.9 Å². The third kappa shape index (κ3) is 3.58. The Morgan fingerprint density at radius 1 is 1.68 bits per heavy atom. The Bertz CT molecular complexity index is 391. The third-order valence-corrected chi connectivity index (χ3v) is 3.58. The van der Waals surface area contributed by atoms with Gasteiger partial charge in [0.25, 0.3) is 0 Å². The Morgan fingerprint density at radius 3 is 3.21 bits per heavy atom. The van der Waals surface area contributed by atoms with Crippen molar-refractivity contribution >= 4 is 5.91 Å². The lowest BCUT2D eigenvalue weighted by molar-refractivity contribution is -0.127. The van der Waals surface area contributed by atoms with Crippen LogP contribution in [0.3, 0.4) is 0 Å². The van der Waals surface area contributed by atoms with E-state index in [1.54, 1.807) is 6.26 Å². The highest BCUT2D eigenvalue weighted by atomic mass is 16.3. The second-order valence-electron chi connectivity index (χ2n) is 4.98. The summed E-state index contributed by atoms with van der Waals surface area (Å²) in [6.07, 6.45) is 2.53. The first-order valence-corrected chi connectivity index (χ1v) is 6.99. The largest absolute Gasteiger partial charge is 0.469 e. The van der Waals surface area contributed by atoms with Gasteiger partial charge < -0.3 is 15.1 Å². The average Bonchev–Trinajstić information content (AvgIpc) is 2.92. The molecule has 5 nitrogen and oxygen atoms in total. The number of furan rings is 1. The summed E-state index contributed by atoms with van der Waals surface area (Å²) in [6, 6.07) is 4.10. The zero-order valence-electron chi connectivity index (χ0n) is 11.7. The summed E-state index contributed by atoms with van der Waals surface area (Å²) >= 11 is 0. The fraction of sp³-hybridized carbons (Fsp3) is 0.643. The van der Waals surface area contributed by atoms with Gasteiger partial charge in [0, 0.05) is 38.6 Å². The lowest BCUT2D eigenvalue weighted by atomic mass is 10.1. The summed E-state index contributed by atoms with van der Waals surface area (Å²) in [4.78, 5) is 14.4. The van der Waals surface area contributed by atoms with Crippen molar-refractivity contribution in [3.63, 3.8) is 0 Å². The average molecular weight is 265 g/mol. The molecule has 1 amide bonds. The van der Waals surface area contributed by atoms with Crippen LogP contribution in [0.2, 0.25) is 0 Å². The summed E-state index contributed by atoms with van der Waals surface area (Å²) < 4.78 is 5.40. The lowest BCUT2D eigenvalue weighted by Crippen LogP contribution is -2.60. The molecular formula is C14H23N3O2. The number of rotatable bonds is 5. The van der Waals surface area contributed by atoms with E-state index in [2.05, 4.69) is 22.5 Å². The van der Waals surface area contributed by atoms with Crippen LogP contribution in [-0.4, -0.2) is 49.1 Å². The van der Waals surface area contributed by atoms with Gasteiger partial charge in [-0.05, 0) is 26.0 Å². The van der Waals surface area contributed by atoms with E-state index in [4.69, 9.17) is 4.42 Å².